The third-order valence-electron chi connectivity index (χ3n) is 5.61. The van der Waals surface area contributed by atoms with Crippen LogP contribution in [0, 0.1) is 20.8 Å². The Labute approximate surface area is 200 Å². The molecule has 0 spiro atoms. The Balaban J connectivity index is 1.65. The minimum atomic E-state index is -0.532. The monoisotopic (exact) mass is 460 g/mol. The normalized spacial score (nSPS) is 11.7. The fourth-order valence-electron chi connectivity index (χ4n) is 4.06. The van der Waals surface area contributed by atoms with Crippen molar-refractivity contribution >= 4 is 17.4 Å². The predicted octanol–water partition coefficient (Wildman–Crippen LogP) is 5.45. The quantitative estimate of drug-likeness (QED) is 0.369. The van der Waals surface area contributed by atoms with E-state index in [9.17, 15) is 4.79 Å². The summed E-state index contributed by atoms with van der Waals surface area (Å²) in [6.45, 7) is 11.6. The van der Waals surface area contributed by atoms with Gasteiger partial charge in [0.1, 0.15) is 29.4 Å². The summed E-state index contributed by atoms with van der Waals surface area (Å²) in [4.78, 5) is 17.3. The highest BCUT2D eigenvalue weighted by Gasteiger charge is 2.19. The Hall–Kier alpha value is -3.61. The minimum absolute atomic E-state index is 0.0637. The standard InChI is InChI=1S/C27H32N4O3/c1-17-7-9-20(10-8-17)11-12-22-26(28-16-24(32)33-27(4,5)6)31-14-13-21(15-23(31)29-22)25-18(2)30-34-19(25)3/h7-10,13-15,28H,11-12,16H2,1-6H3. The summed E-state index contributed by atoms with van der Waals surface area (Å²) in [5, 5.41) is 7.35. The Bertz CT molecular complexity index is 1290. The van der Waals surface area contributed by atoms with E-state index >= 15 is 0 Å². The average molecular weight is 461 g/mol. The van der Waals surface area contributed by atoms with Crippen molar-refractivity contribution < 1.29 is 14.1 Å². The molecule has 3 heterocycles. The Morgan fingerprint density at radius 1 is 1.09 bits per heavy atom. The third kappa shape index (κ3) is 5.30. The van der Waals surface area contributed by atoms with Crippen LogP contribution >= 0.6 is 0 Å². The van der Waals surface area contributed by atoms with Crippen molar-refractivity contribution in [3.8, 4) is 11.1 Å². The first-order valence-electron chi connectivity index (χ1n) is 11.6. The summed E-state index contributed by atoms with van der Waals surface area (Å²) < 4.78 is 12.8. The van der Waals surface area contributed by atoms with Gasteiger partial charge in [0.25, 0.3) is 0 Å². The second-order valence-electron chi connectivity index (χ2n) is 9.68. The number of aromatic nitrogens is 3. The van der Waals surface area contributed by atoms with Gasteiger partial charge in [-0.15, -0.1) is 0 Å². The number of imidazole rings is 1. The maximum Gasteiger partial charge on any atom is 0.325 e. The van der Waals surface area contributed by atoms with Gasteiger partial charge in [-0.3, -0.25) is 9.20 Å². The maximum absolute atomic E-state index is 12.4. The molecular weight excluding hydrogens is 428 g/mol. The zero-order valence-electron chi connectivity index (χ0n) is 20.7. The van der Waals surface area contributed by atoms with Gasteiger partial charge in [0.2, 0.25) is 0 Å². The molecule has 0 atom stereocenters. The first-order valence-corrected chi connectivity index (χ1v) is 11.6. The number of hydrogen-bond acceptors (Lipinski definition) is 6. The molecule has 1 N–H and O–H groups in total. The smallest absolute Gasteiger partial charge is 0.325 e. The largest absolute Gasteiger partial charge is 0.459 e. The fourth-order valence-corrected chi connectivity index (χ4v) is 4.06. The van der Waals surface area contributed by atoms with Gasteiger partial charge in [-0.2, -0.15) is 0 Å². The SMILES string of the molecule is Cc1ccc(CCc2nc3cc(-c4c(C)noc4C)ccn3c2NCC(=O)OC(C)(C)C)cc1. The van der Waals surface area contributed by atoms with Gasteiger partial charge < -0.3 is 14.6 Å². The maximum atomic E-state index is 12.4. The molecule has 1 aromatic carbocycles. The van der Waals surface area contributed by atoms with Gasteiger partial charge in [0.15, 0.2) is 0 Å². The summed E-state index contributed by atoms with van der Waals surface area (Å²) >= 11 is 0. The second kappa shape index (κ2) is 9.33. The highest BCUT2D eigenvalue weighted by atomic mass is 16.6. The van der Waals surface area contributed by atoms with Crippen molar-refractivity contribution in [1.29, 1.82) is 0 Å². The lowest BCUT2D eigenvalue weighted by atomic mass is 10.1. The fraction of sp³-hybridized carbons (Fsp3) is 0.370. The molecule has 0 radical (unpaired) electrons. The molecule has 178 valence electrons. The number of aryl methyl sites for hydroxylation is 5. The van der Waals surface area contributed by atoms with Crippen LogP contribution in [0.25, 0.3) is 16.8 Å². The topological polar surface area (TPSA) is 81.7 Å². The molecule has 0 amide bonds. The number of nitrogens with zero attached hydrogens (tertiary/aromatic N) is 3. The van der Waals surface area contributed by atoms with Crippen molar-refractivity contribution in [3.05, 3.63) is 70.9 Å². The highest BCUT2D eigenvalue weighted by molar-refractivity contribution is 5.76. The molecule has 34 heavy (non-hydrogen) atoms. The van der Waals surface area contributed by atoms with E-state index in [0.29, 0.717) is 0 Å². The molecule has 7 nitrogen and oxygen atoms in total. The van der Waals surface area contributed by atoms with Crippen LogP contribution in [0.2, 0.25) is 0 Å². The molecule has 0 aliphatic heterocycles. The number of rotatable bonds is 7. The molecular formula is C27H32N4O3. The highest BCUT2D eigenvalue weighted by Crippen LogP contribution is 2.29. The Kier molecular flexibility index (Phi) is 6.46. The molecule has 0 saturated carbocycles. The van der Waals surface area contributed by atoms with E-state index in [2.05, 4.69) is 41.7 Å². The molecule has 0 saturated heterocycles. The van der Waals surface area contributed by atoms with E-state index < -0.39 is 5.60 Å². The van der Waals surface area contributed by atoms with E-state index in [4.69, 9.17) is 14.2 Å². The van der Waals surface area contributed by atoms with Crippen LogP contribution in [0.15, 0.2) is 47.1 Å². The number of fused-ring (bicyclic) bond motifs is 1. The van der Waals surface area contributed by atoms with Crippen molar-refractivity contribution in [3.63, 3.8) is 0 Å². The summed E-state index contributed by atoms with van der Waals surface area (Å²) in [7, 11) is 0. The minimum Gasteiger partial charge on any atom is -0.459 e. The number of pyridine rings is 1. The third-order valence-corrected chi connectivity index (χ3v) is 5.61. The lowest BCUT2D eigenvalue weighted by molar-refractivity contribution is -0.152. The van der Waals surface area contributed by atoms with E-state index in [1.54, 1.807) is 0 Å². The number of benzene rings is 1. The van der Waals surface area contributed by atoms with Gasteiger partial charge >= 0.3 is 5.97 Å². The number of esters is 1. The van der Waals surface area contributed by atoms with Crippen LogP contribution < -0.4 is 5.32 Å². The molecule has 4 aromatic rings. The van der Waals surface area contributed by atoms with Crippen LogP contribution in [-0.2, 0) is 22.4 Å². The molecule has 0 bridgehead atoms. The summed E-state index contributed by atoms with van der Waals surface area (Å²) in [5.41, 5.74) is 6.47. The molecule has 3 aromatic heterocycles. The number of carbonyl (C=O) groups excluding carboxylic acids is 1. The van der Waals surface area contributed by atoms with E-state index in [-0.39, 0.29) is 12.5 Å². The van der Waals surface area contributed by atoms with Crippen LogP contribution in [-0.4, -0.2) is 32.7 Å². The predicted molar refractivity (Wildman–Crippen MR) is 133 cm³/mol. The van der Waals surface area contributed by atoms with Gasteiger partial charge in [-0.1, -0.05) is 35.0 Å². The average Bonchev–Trinajstić information content (AvgIpc) is 3.28. The van der Waals surface area contributed by atoms with E-state index in [1.807, 2.05) is 57.3 Å². The van der Waals surface area contributed by atoms with Crippen LogP contribution in [0.4, 0.5) is 5.82 Å². The van der Waals surface area contributed by atoms with Gasteiger partial charge in [-0.05, 0) is 77.6 Å². The zero-order valence-corrected chi connectivity index (χ0v) is 20.7. The first kappa shape index (κ1) is 23.5. The molecule has 0 aliphatic rings. The van der Waals surface area contributed by atoms with Crippen molar-refractivity contribution in [2.24, 2.45) is 0 Å². The number of hydrogen-bond donors (Lipinski definition) is 1. The van der Waals surface area contributed by atoms with Gasteiger partial charge in [0, 0.05) is 11.8 Å². The Morgan fingerprint density at radius 2 is 1.82 bits per heavy atom. The number of carbonyl (C=O) groups is 1. The van der Waals surface area contributed by atoms with Crippen molar-refractivity contribution in [1.82, 2.24) is 14.5 Å². The number of ether oxygens (including phenoxy) is 1. The van der Waals surface area contributed by atoms with Crippen molar-refractivity contribution in [2.75, 3.05) is 11.9 Å². The molecule has 0 fully saturated rings. The molecule has 0 aliphatic carbocycles. The van der Waals surface area contributed by atoms with Gasteiger partial charge in [-0.25, -0.2) is 4.98 Å². The lowest BCUT2D eigenvalue weighted by Gasteiger charge is -2.19. The van der Waals surface area contributed by atoms with Crippen LogP contribution in [0.5, 0.6) is 0 Å². The Morgan fingerprint density at radius 3 is 2.47 bits per heavy atom. The van der Waals surface area contributed by atoms with Gasteiger partial charge in [0.05, 0.1) is 11.4 Å². The van der Waals surface area contributed by atoms with Crippen LogP contribution in [0.3, 0.4) is 0 Å². The lowest BCUT2D eigenvalue weighted by Crippen LogP contribution is -2.28. The first-order chi connectivity index (χ1) is 16.1. The van der Waals surface area contributed by atoms with E-state index in [0.717, 1.165) is 52.6 Å². The van der Waals surface area contributed by atoms with Crippen LogP contribution in [0.1, 0.15) is 49.0 Å². The molecule has 7 heteroatoms. The second-order valence-corrected chi connectivity index (χ2v) is 9.68. The number of nitrogens with one attached hydrogen (secondary N) is 1. The molecule has 0 unspecified atom stereocenters. The number of anilines is 1. The zero-order chi connectivity index (χ0) is 24.5. The summed E-state index contributed by atoms with van der Waals surface area (Å²) in [5.74, 6) is 1.27. The molecule has 4 rings (SSSR count). The summed E-state index contributed by atoms with van der Waals surface area (Å²) in [6, 6.07) is 12.6. The van der Waals surface area contributed by atoms with E-state index in [1.165, 1.54) is 11.1 Å². The summed E-state index contributed by atoms with van der Waals surface area (Å²) in [6.07, 6.45) is 3.56. The van der Waals surface area contributed by atoms with Crippen molar-refractivity contribution in [2.45, 2.75) is 60.0 Å².